The molecule has 0 N–H and O–H groups in total. The zero-order chi connectivity index (χ0) is 12.5. The minimum absolute atomic E-state index is 0.119. The Hall–Kier alpha value is -1.87. The first-order valence-corrected chi connectivity index (χ1v) is 5.18. The number of nitrogens with zero attached hydrogens (tertiary/aromatic N) is 1. The van der Waals surface area contributed by atoms with Gasteiger partial charge < -0.3 is 9.47 Å². The summed E-state index contributed by atoms with van der Waals surface area (Å²) in [6.45, 7) is 0. The van der Waals surface area contributed by atoms with E-state index in [-0.39, 0.29) is 11.3 Å². The molecule has 4 nitrogen and oxygen atoms in total. The highest BCUT2D eigenvalue weighted by Gasteiger charge is 2.49. The summed E-state index contributed by atoms with van der Waals surface area (Å²) in [5.41, 5.74) is -0.533. The zero-order valence-corrected chi connectivity index (χ0v) is 9.62. The Morgan fingerprint density at radius 2 is 1.88 bits per heavy atom. The lowest BCUT2D eigenvalue weighted by atomic mass is 10.0. The summed E-state index contributed by atoms with van der Waals surface area (Å²) >= 11 is 0. The second-order valence-electron chi connectivity index (χ2n) is 3.89. The van der Waals surface area contributed by atoms with Crippen molar-refractivity contribution in [2.24, 2.45) is 4.99 Å². The van der Waals surface area contributed by atoms with Gasteiger partial charge in [0.2, 0.25) is 6.08 Å². The van der Waals surface area contributed by atoms with Crippen molar-refractivity contribution in [1.29, 1.82) is 0 Å². The van der Waals surface area contributed by atoms with Crippen molar-refractivity contribution < 1.29 is 18.7 Å². The first kappa shape index (κ1) is 11.6. The van der Waals surface area contributed by atoms with E-state index >= 15 is 0 Å². The molecule has 90 valence electrons. The van der Waals surface area contributed by atoms with Crippen molar-refractivity contribution in [3.05, 3.63) is 23.5 Å². The van der Waals surface area contributed by atoms with Crippen LogP contribution in [0.2, 0.25) is 0 Å². The Kier molecular flexibility index (Phi) is 2.86. The van der Waals surface area contributed by atoms with Gasteiger partial charge in [-0.15, -0.1) is 0 Å². The topological polar surface area (TPSA) is 47.9 Å². The van der Waals surface area contributed by atoms with Gasteiger partial charge in [0, 0.05) is 0 Å². The number of aliphatic imine (C=N–C) groups is 1. The highest BCUT2D eigenvalue weighted by molar-refractivity contribution is 5.51. The summed E-state index contributed by atoms with van der Waals surface area (Å²) in [6, 6.07) is 3.09. The van der Waals surface area contributed by atoms with Crippen LogP contribution in [0.1, 0.15) is 18.4 Å². The van der Waals surface area contributed by atoms with Crippen molar-refractivity contribution >= 4 is 6.08 Å². The van der Waals surface area contributed by atoms with Crippen LogP contribution in [0, 0.1) is 5.82 Å². The molecule has 0 bridgehead atoms. The van der Waals surface area contributed by atoms with Crippen LogP contribution in [0.15, 0.2) is 17.1 Å². The van der Waals surface area contributed by atoms with Crippen molar-refractivity contribution in [3.63, 3.8) is 0 Å². The number of ether oxygens (including phenoxy) is 2. The third-order valence-corrected chi connectivity index (χ3v) is 2.96. The van der Waals surface area contributed by atoms with Crippen LogP contribution in [0.4, 0.5) is 4.39 Å². The monoisotopic (exact) mass is 237 g/mol. The molecule has 0 spiro atoms. The van der Waals surface area contributed by atoms with Gasteiger partial charge in [0.25, 0.3) is 0 Å². The summed E-state index contributed by atoms with van der Waals surface area (Å²) in [4.78, 5) is 14.1. The van der Waals surface area contributed by atoms with Crippen LogP contribution in [0.25, 0.3) is 0 Å². The molecule has 0 saturated heterocycles. The summed E-state index contributed by atoms with van der Waals surface area (Å²) in [6.07, 6.45) is 2.72. The Labute approximate surface area is 98.1 Å². The second kappa shape index (κ2) is 4.18. The number of isocyanates is 1. The highest BCUT2D eigenvalue weighted by Crippen LogP contribution is 2.54. The average molecular weight is 237 g/mol. The van der Waals surface area contributed by atoms with E-state index in [2.05, 4.69) is 4.99 Å². The van der Waals surface area contributed by atoms with E-state index in [1.807, 2.05) is 0 Å². The zero-order valence-electron chi connectivity index (χ0n) is 9.62. The minimum Gasteiger partial charge on any atom is -0.496 e. The van der Waals surface area contributed by atoms with Crippen molar-refractivity contribution in [1.82, 2.24) is 0 Å². The summed E-state index contributed by atoms with van der Waals surface area (Å²) in [7, 11) is 2.84. The normalized spacial score (nSPS) is 15.9. The standard InChI is InChI=1S/C12H12FNO3/c1-16-8-3-4-9(17-2)11(13)10(8)12(5-6-12)14-7-15/h3-4H,5-6H2,1-2H3. The largest absolute Gasteiger partial charge is 0.496 e. The molecule has 0 unspecified atom stereocenters. The number of hydrogen-bond acceptors (Lipinski definition) is 4. The minimum atomic E-state index is -0.814. The predicted molar refractivity (Wildman–Crippen MR) is 58.5 cm³/mol. The molecule has 5 heteroatoms. The van der Waals surface area contributed by atoms with E-state index in [1.165, 1.54) is 26.4 Å². The molecular weight excluding hydrogens is 225 g/mol. The van der Waals surface area contributed by atoms with Crippen molar-refractivity contribution in [2.45, 2.75) is 18.4 Å². The first-order valence-electron chi connectivity index (χ1n) is 5.18. The maximum atomic E-state index is 14.2. The third-order valence-electron chi connectivity index (χ3n) is 2.96. The van der Waals surface area contributed by atoms with E-state index in [9.17, 15) is 9.18 Å². The molecule has 0 amide bonds. The lowest BCUT2D eigenvalue weighted by Crippen LogP contribution is -2.09. The van der Waals surface area contributed by atoms with Crippen LogP contribution in [0.3, 0.4) is 0 Å². The molecule has 0 heterocycles. The SMILES string of the molecule is COc1ccc(OC)c(C2(N=C=O)CC2)c1F. The number of methoxy groups -OCH3 is 2. The molecule has 0 atom stereocenters. The molecule has 2 rings (SSSR count). The summed E-state index contributed by atoms with van der Waals surface area (Å²) < 4.78 is 24.2. The first-order chi connectivity index (χ1) is 8.18. The maximum Gasteiger partial charge on any atom is 0.235 e. The van der Waals surface area contributed by atoms with Crippen molar-refractivity contribution in [2.75, 3.05) is 14.2 Å². The number of halogens is 1. The molecular formula is C12H12FNO3. The fourth-order valence-corrected chi connectivity index (χ4v) is 1.92. The van der Waals surface area contributed by atoms with Gasteiger partial charge in [-0.2, -0.15) is 4.99 Å². The highest BCUT2D eigenvalue weighted by atomic mass is 19.1. The van der Waals surface area contributed by atoms with Crippen LogP contribution in [-0.4, -0.2) is 20.3 Å². The molecule has 1 fully saturated rings. The van der Waals surface area contributed by atoms with Crippen LogP contribution >= 0.6 is 0 Å². The van der Waals surface area contributed by atoms with Gasteiger partial charge >= 0.3 is 0 Å². The lowest BCUT2D eigenvalue weighted by molar-refractivity contribution is 0.366. The van der Waals surface area contributed by atoms with E-state index < -0.39 is 11.4 Å². The molecule has 1 aliphatic rings. The molecule has 1 aliphatic carbocycles. The summed E-state index contributed by atoms with van der Waals surface area (Å²) in [5, 5.41) is 0. The van der Waals surface area contributed by atoms with E-state index in [1.54, 1.807) is 6.07 Å². The maximum absolute atomic E-state index is 14.2. The van der Waals surface area contributed by atoms with Gasteiger partial charge in [-0.25, -0.2) is 9.18 Å². The number of carbonyl (C=O) groups excluding carboxylic acids is 1. The number of hydrogen-bond donors (Lipinski definition) is 0. The molecule has 1 aromatic carbocycles. The van der Waals surface area contributed by atoms with Crippen LogP contribution < -0.4 is 9.47 Å². The smallest absolute Gasteiger partial charge is 0.235 e. The third kappa shape index (κ3) is 1.78. The van der Waals surface area contributed by atoms with E-state index in [0.717, 1.165) is 0 Å². The van der Waals surface area contributed by atoms with Gasteiger partial charge in [-0.1, -0.05) is 0 Å². The quantitative estimate of drug-likeness (QED) is 0.595. The second-order valence-corrected chi connectivity index (χ2v) is 3.89. The fourth-order valence-electron chi connectivity index (χ4n) is 1.92. The molecule has 17 heavy (non-hydrogen) atoms. The molecule has 0 radical (unpaired) electrons. The molecule has 0 aliphatic heterocycles. The Morgan fingerprint density at radius 1 is 1.29 bits per heavy atom. The fraction of sp³-hybridized carbons (Fsp3) is 0.417. The predicted octanol–water partition coefficient (Wildman–Crippen LogP) is 2.17. The van der Waals surface area contributed by atoms with Crippen LogP contribution in [0.5, 0.6) is 11.5 Å². The van der Waals surface area contributed by atoms with Gasteiger partial charge in [0.1, 0.15) is 11.3 Å². The van der Waals surface area contributed by atoms with Gasteiger partial charge in [-0.3, -0.25) is 0 Å². The van der Waals surface area contributed by atoms with Crippen LogP contribution in [-0.2, 0) is 10.3 Å². The number of benzene rings is 1. The molecule has 0 aromatic heterocycles. The van der Waals surface area contributed by atoms with Crippen molar-refractivity contribution in [3.8, 4) is 11.5 Å². The van der Waals surface area contributed by atoms with E-state index in [4.69, 9.17) is 9.47 Å². The average Bonchev–Trinajstić information content (AvgIpc) is 3.09. The van der Waals surface area contributed by atoms with Gasteiger partial charge in [0.05, 0.1) is 19.8 Å². The Balaban J connectivity index is 2.61. The molecule has 1 saturated carbocycles. The molecule has 1 aromatic rings. The van der Waals surface area contributed by atoms with Gasteiger partial charge in [0.15, 0.2) is 11.6 Å². The Morgan fingerprint density at radius 3 is 2.35 bits per heavy atom. The van der Waals surface area contributed by atoms with E-state index in [0.29, 0.717) is 18.6 Å². The number of rotatable bonds is 4. The summed E-state index contributed by atoms with van der Waals surface area (Å²) in [5.74, 6) is -0.0312. The lowest BCUT2D eigenvalue weighted by Gasteiger charge is -2.16. The van der Waals surface area contributed by atoms with Gasteiger partial charge in [-0.05, 0) is 25.0 Å². The Bertz CT molecular complexity index is 491.